The number of ether oxygens (including phenoxy) is 2. The van der Waals surface area contributed by atoms with Crippen LogP contribution < -0.4 is 0 Å². The molecular weight excluding hydrogens is 209 g/mol. The van der Waals surface area contributed by atoms with E-state index in [4.69, 9.17) is 9.47 Å². The molecule has 0 bridgehead atoms. The van der Waals surface area contributed by atoms with Crippen molar-refractivity contribution in [1.29, 1.82) is 0 Å². The van der Waals surface area contributed by atoms with Crippen molar-refractivity contribution in [1.82, 2.24) is 0 Å². The van der Waals surface area contributed by atoms with Gasteiger partial charge in [0.25, 0.3) is 0 Å². The maximum absolute atomic E-state index is 12.4. The van der Waals surface area contributed by atoms with Crippen LogP contribution in [0.15, 0.2) is 0 Å². The zero-order valence-electron chi connectivity index (χ0n) is 9.44. The van der Waals surface area contributed by atoms with Gasteiger partial charge in [0.1, 0.15) is 0 Å². The zero-order valence-corrected chi connectivity index (χ0v) is 9.44. The quantitative estimate of drug-likeness (QED) is 0.684. The van der Waals surface area contributed by atoms with Crippen molar-refractivity contribution >= 4 is 0 Å². The maximum atomic E-state index is 12.4. The molecular formula is C10H17F3O2. The van der Waals surface area contributed by atoms with Gasteiger partial charge in [0.2, 0.25) is 0 Å². The van der Waals surface area contributed by atoms with E-state index in [2.05, 4.69) is 0 Å². The van der Waals surface area contributed by atoms with Crippen LogP contribution in [0, 0.1) is 5.41 Å². The van der Waals surface area contributed by atoms with E-state index in [0.717, 1.165) is 0 Å². The Hall–Kier alpha value is -0.290. The molecule has 0 saturated carbocycles. The summed E-state index contributed by atoms with van der Waals surface area (Å²) in [4.78, 5) is 0. The number of rotatable bonds is 1. The summed E-state index contributed by atoms with van der Waals surface area (Å²) >= 11 is 0. The minimum absolute atomic E-state index is 0.406. The summed E-state index contributed by atoms with van der Waals surface area (Å²) < 4.78 is 47.6. The van der Waals surface area contributed by atoms with Gasteiger partial charge in [0.05, 0.1) is 6.61 Å². The molecule has 0 aromatic heterocycles. The fraction of sp³-hybridized carbons (Fsp3) is 1.00. The van der Waals surface area contributed by atoms with Gasteiger partial charge >= 0.3 is 6.18 Å². The van der Waals surface area contributed by atoms with Crippen LogP contribution in [-0.2, 0) is 9.47 Å². The van der Waals surface area contributed by atoms with Gasteiger partial charge in [-0.2, -0.15) is 13.2 Å². The van der Waals surface area contributed by atoms with Gasteiger partial charge in [-0.25, -0.2) is 0 Å². The number of halogens is 3. The first-order valence-corrected chi connectivity index (χ1v) is 5.01. The lowest BCUT2D eigenvalue weighted by molar-refractivity contribution is -0.273. The lowest BCUT2D eigenvalue weighted by atomic mass is 9.84. The van der Waals surface area contributed by atoms with E-state index >= 15 is 0 Å². The maximum Gasteiger partial charge on any atom is 0.417 e. The summed E-state index contributed by atoms with van der Waals surface area (Å²) in [6, 6.07) is 0. The first-order valence-electron chi connectivity index (χ1n) is 5.01. The van der Waals surface area contributed by atoms with Gasteiger partial charge in [0.15, 0.2) is 11.9 Å². The monoisotopic (exact) mass is 226 g/mol. The van der Waals surface area contributed by atoms with Crippen molar-refractivity contribution < 1.29 is 22.6 Å². The van der Waals surface area contributed by atoms with E-state index in [1.54, 1.807) is 6.92 Å². The Morgan fingerprint density at radius 3 is 2.00 bits per heavy atom. The molecule has 2 atom stereocenters. The predicted octanol–water partition coefficient (Wildman–Crippen LogP) is 3.12. The van der Waals surface area contributed by atoms with Gasteiger partial charge < -0.3 is 9.47 Å². The second-order valence-electron chi connectivity index (χ2n) is 4.82. The molecule has 90 valence electrons. The van der Waals surface area contributed by atoms with Crippen LogP contribution in [0.4, 0.5) is 13.2 Å². The summed E-state index contributed by atoms with van der Waals surface area (Å²) in [5, 5.41) is 0. The van der Waals surface area contributed by atoms with Crippen molar-refractivity contribution in [2.45, 2.75) is 52.2 Å². The standard InChI is InChI=1S/C10H17F3O2/c1-5-9(8(2,3)4)14-6-7(15-9)10(11,12)13/h7H,5-6H2,1-4H3/t7-,9-/m1/s1. The average Bonchev–Trinajstić information content (AvgIpc) is 2.46. The average molecular weight is 226 g/mol. The van der Waals surface area contributed by atoms with Crippen LogP contribution in [0.5, 0.6) is 0 Å². The molecule has 1 fully saturated rings. The first kappa shape index (κ1) is 12.8. The molecule has 0 amide bonds. The molecule has 15 heavy (non-hydrogen) atoms. The molecule has 1 saturated heterocycles. The normalized spacial score (nSPS) is 33.4. The van der Waals surface area contributed by atoms with E-state index in [-0.39, 0.29) is 0 Å². The van der Waals surface area contributed by atoms with Crippen LogP contribution in [0.3, 0.4) is 0 Å². The molecule has 0 aromatic carbocycles. The second kappa shape index (κ2) is 3.63. The Morgan fingerprint density at radius 2 is 1.80 bits per heavy atom. The summed E-state index contributed by atoms with van der Waals surface area (Å²) in [7, 11) is 0. The van der Waals surface area contributed by atoms with Crippen molar-refractivity contribution in [2.75, 3.05) is 6.61 Å². The highest BCUT2D eigenvalue weighted by molar-refractivity contribution is 4.90. The van der Waals surface area contributed by atoms with Crippen molar-refractivity contribution in [3.8, 4) is 0 Å². The van der Waals surface area contributed by atoms with E-state index in [1.165, 1.54) is 0 Å². The molecule has 2 nitrogen and oxygen atoms in total. The molecule has 1 aliphatic rings. The molecule has 0 aliphatic carbocycles. The molecule has 0 unspecified atom stereocenters. The molecule has 1 heterocycles. The van der Waals surface area contributed by atoms with Crippen LogP contribution >= 0.6 is 0 Å². The summed E-state index contributed by atoms with van der Waals surface area (Å²) in [5.41, 5.74) is -0.470. The minimum atomic E-state index is -4.35. The Labute approximate surface area is 87.7 Å². The minimum Gasteiger partial charge on any atom is -0.346 e. The fourth-order valence-electron chi connectivity index (χ4n) is 1.78. The summed E-state index contributed by atoms with van der Waals surface area (Å²) in [6.45, 7) is 6.80. The lowest BCUT2D eigenvalue weighted by Gasteiger charge is -2.39. The Morgan fingerprint density at radius 1 is 1.27 bits per heavy atom. The SMILES string of the molecule is CC[C@@]1(C(C)(C)C)OC[C@H](C(F)(F)F)O1. The molecule has 0 N–H and O–H groups in total. The molecule has 1 rings (SSSR count). The van der Waals surface area contributed by atoms with Gasteiger partial charge in [-0.15, -0.1) is 0 Å². The Bertz CT molecular complexity index is 232. The largest absolute Gasteiger partial charge is 0.417 e. The predicted molar refractivity (Wildman–Crippen MR) is 49.4 cm³/mol. The third-order valence-corrected chi connectivity index (χ3v) is 2.77. The molecule has 5 heteroatoms. The highest BCUT2D eigenvalue weighted by Crippen LogP contribution is 2.45. The Balaban J connectivity index is 2.83. The Kier molecular flexibility index (Phi) is 3.09. The fourth-order valence-corrected chi connectivity index (χ4v) is 1.78. The topological polar surface area (TPSA) is 18.5 Å². The van der Waals surface area contributed by atoms with Crippen LogP contribution in [0.2, 0.25) is 0 Å². The number of hydrogen-bond acceptors (Lipinski definition) is 2. The molecule has 1 aliphatic heterocycles. The van der Waals surface area contributed by atoms with E-state index in [1.807, 2.05) is 20.8 Å². The highest BCUT2D eigenvalue weighted by atomic mass is 19.4. The third kappa shape index (κ3) is 2.28. The first-order chi connectivity index (χ1) is 6.62. The lowest BCUT2D eigenvalue weighted by Crippen LogP contribution is -2.45. The van der Waals surface area contributed by atoms with Gasteiger partial charge in [0, 0.05) is 5.41 Å². The second-order valence-corrected chi connectivity index (χ2v) is 4.82. The molecule has 0 spiro atoms. The molecule has 0 radical (unpaired) electrons. The zero-order chi connectivity index (χ0) is 11.9. The van der Waals surface area contributed by atoms with Gasteiger partial charge in [-0.05, 0) is 6.42 Å². The van der Waals surface area contributed by atoms with Crippen LogP contribution in [0.1, 0.15) is 34.1 Å². The smallest absolute Gasteiger partial charge is 0.346 e. The van der Waals surface area contributed by atoms with Crippen molar-refractivity contribution in [2.24, 2.45) is 5.41 Å². The number of hydrogen-bond donors (Lipinski definition) is 0. The van der Waals surface area contributed by atoms with Gasteiger partial charge in [-0.3, -0.25) is 0 Å². The van der Waals surface area contributed by atoms with Crippen molar-refractivity contribution in [3.05, 3.63) is 0 Å². The van der Waals surface area contributed by atoms with E-state index in [9.17, 15) is 13.2 Å². The van der Waals surface area contributed by atoms with E-state index in [0.29, 0.717) is 6.42 Å². The third-order valence-electron chi connectivity index (χ3n) is 2.77. The van der Waals surface area contributed by atoms with Crippen LogP contribution in [-0.4, -0.2) is 24.7 Å². The van der Waals surface area contributed by atoms with Crippen LogP contribution in [0.25, 0.3) is 0 Å². The summed E-state index contributed by atoms with van der Waals surface area (Å²) in [6.07, 6.45) is -5.73. The van der Waals surface area contributed by atoms with Crippen molar-refractivity contribution in [3.63, 3.8) is 0 Å². The van der Waals surface area contributed by atoms with Gasteiger partial charge in [-0.1, -0.05) is 27.7 Å². The van der Waals surface area contributed by atoms with E-state index < -0.39 is 30.1 Å². The number of alkyl halides is 3. The summed E-state index contributed by atoms with van der Waals surface area (Å²) in [5.74, 6) is -1.12. The highest BCUT2D eigenvalue weighted by Gasteiger charge is 2.56. The molecule has 0 aromatic rings.